The van der Waals surface area contributed by atoms with E-state index in [1.54, 1.807) is 14.2 Å². The Bertz CT molecular complexity index is 1000. The molecule has 4 rings (SSSR count). The second-order valence-corrected chi connectivity index (χ2v) is 6.91. The zero-order chi connectivity index (χ0) is 20.2. The molecular weight excluding hydrogens is 364 g/mol. The van der Waals surface area contributed by atoms with Gasteiger partial charge in [0.05, 0.1) is 19.8 Å². The van der Waals surface area contributed by atoms with Crippen LogP contribution in [0, 0.1) is 0 Å². The van der Waals surface area contributed by atoms with Crippen LogP contribution in [0.15, 0.2) is 72.8 Å². The summed E-state index contributed by atoms with van der Waals surface area (Å²) in [5, 5.41) is 3.53. The van der Waals surface area contributed by atoms with Crippen LogP contribution < -0.4 is 14.8 Å². The van der Waals surface area contributed by atoms with Gasteiger partial charge in [-0.15, -0.1) is 0 Å². The van der Waals surface area contributed by atoms with Gasteiger partial charge in [0, 0.05) is 17.8 Å². The Labute approximate surface area is 170 Å². The number of nitrogens with zero attached hydrogens (tertiary/aromatic N) is 1. The van der Waals surface area contributed by atoms with Crippen LogP contribution in [0.1, 0.15) is 27.7 Å². The normalized spacial score (nSPS) is 15.4. The van der Waals surface area contributed by atoms with E-state index in [0.29, 0.717) is 23.6 Å². The summed E-state index contributed by atoms with van der Waals surface area (Å²) in [4.78, 5) is 15.3. The van der Waals surface area contributed by atoms with Crippen LogP contribution in [0.25, 0.3) is 0 Å². The third-order valence-corrected chi connectivity index (χ3v) is 5.23. The number of hydrogen-bond acceptors (Lipinski definition) is 4. The quantitative estimate of drug-likeness (QED) is 0.675. The molecule has 29 heavy (non-hydrogen) atoms. The molecule has 1 aliphatic heterocycles. The molecule has 1 heterocycles. The number of benzene rings is 3. The highest BCUT2D eigenvalue weighted by atomic mass is 16.5. The summed E-state index contributed by atoms with van der Waals surface area (Å²) in [6.07, 6.45) is 0.408. The molecule has 0 unspecified atom stereocenters. The van der Waals surface area contributed by atoms with E-state index in [4.69, 9.17) is 9.47 Å². The fourth-order valence-corrected chi connectivity index (χ4v) is 3.79. The Hall–Kier alpha value is -3.47. The second-order valence-electron chi connectivity index (χ2n) is 6.91. The van der Waals surface area contributed by atoms with Crippen molar-refractivity contribution in [3.05, 3.63) is 89.5 Å². The highest BCUT2D eigenvalue weighted by Crippen LogP contribution is 2.40. The van der Waals surface area contributed by atoms with Crippen LogP contribution in [0.4, 0.5) is 5.69 Å². The first kappa shape index (κ1) is 18.9. The number of amides is 1. The van der Waals surface area contributed by atoms with E-state index in [1.165, 1.54) is 5.56 Å². The van der Waals surface area contributed by atoms with Crippen LogP contribution in [0.3, 0.4) is 0 Å². The molecule has 5 nitrogen and oxygen atoms in total. The lowest BCUT2D eigenvalue weighted by atomic mass is 10.0. The van der Waals surface area contributed by atoms with E-state index in [9.17, 15) is 4.79 Å². The summed E-state index contributed by atoms with van der Waals surface area (Å²) in [5.74, 6) is 1.27. The van der Waals surface area contributed by atoms with Gasteiger partial charge in [-0.05, 0) is 30.2 Å². The third kappa shape index (κ3) is 3.63. The molecule has 1 atom stereocenters. The van der Waals surface area contributed by atoms with Crippen molar-refractivity contribution in [2.24, 2.45) is 0 Å². The van der Waals surface area contributed by atoms with Crippen molar-refractivity contribution in [2.75, 3.05) is 26.1 Å². The number of fused-ring (bicyclic) bond motifs is 1. The van der Waals surface area contributed by atoms with Gasteiger partial charge in [0.1, 0.15) is 6.17 Å². The summed E-state index contributed by atoms with van der Waals surface area (Å²) in [7, 11) is 3.23. The minimum Gasteiger partial charge on any atom is -0.493 e. The average Bonchev–Trinajstić information content (AvgIpc) is 2.78. The smallest absolute Gasteiger partial charge is 0.257 e. The zero-order valence-electron chi connectivity index (χ0n) is 16.6. The van der Waals surface area contributed by atoms with Gasteiger partial charge >= 0.3 is 0 Å². The number of carbonyl (C=O) groups excluding carboxylic acids is 1. The molecule has 0 saturated heterocycles. The molecule has 0 aromatic heterocycles. The summed E-state index contributed by atoms with van der Waals surface area (Å²) in [6, 6.07) is 23.5. The minimum absolute atomic E-state index is 0.00477. The lowest BCUT2D eigenvalue weighted by molar-refractivity contribution is 0.0683. The van der Waals surface area contributed by atoms with Crippen molar-refractivity contribution in [3.63, 3.8) is 0 Å². The highest BCUT2D eigenvalue weighted by molar-refractivity contribution is 6.01. The molecule has 3 aromatic carbocycles. The molecule has 0 aliphatic carbocycles. The zero-order valence-corrected chi connectivity index (χ0v) is 16.6. The molecule has 0 bridgehead atoms. The summed E-state index contributed by atoms with van der Waals surface area (Å²) in [6.45, 7) is 0.579. The number of ether oxygens (including phenoxy) is 2. The van der Waals surface area contributed by atoms with Gasteiger partial charge in [0.25, 0.3) is 5.91 Å². The maximum absolute atomic E-state index is 13.4. The van der Waals surface area contributed by atoms with Crippen LogP contribution >= 0.6 is 0 Å². The number of anilines is 1. The number of para-hydroxylation sites is 2. The van der Waals surface area contributed by atoms with Gasteiger partial charge in [-0.2, -0.15) is 0 Å². The lowest BCUT2D eigenvalue weighted by Crippen LogP contribution is -2.44. The topological polar surface area (TPSA) is 50.8 Å². The molecule has 5 heteroatoms. The first-order valence-electron chi connectivity index (χ1n) is 9.64. The fourth-order valence-electron chi connectivity index (χ4n) is 3.79. The fraction of sp³-hybridized carbons (Fsp3) is 0.208. The Morgan fingerprint density at radius 1 is 0.897 bits per heavy atom. The average molecular weight is 388 g/mol. The number of methoxy groups -OCH3 is 2. The van der Waals surface area contributed by atoms with E-state index in [2.05, 4.69) is 17.4 Å². The molecule has 0 spiro atoms. The number of nitrogens with one attached hydrogen (secondary N) is 1. The lowest BCUT2D eigenvalue weighted by Gasteiger charge is -2.38. The number of rotatable bonds is 6. The SMILES string of the molecule is COc1cccc([C@H]2Nc3ccccc3C(=O)N2CCc2ccccc2)c1OC. The van der Waals surface area contributed by atoms with Crippen LogP contribution in [0.2, 0.25) is 0 Å². The van der Waals surface area contributed by atoms with Gasteiger partial charge in [0.15, 0.2) is 11.5 Å². The molecule has 3 aromatic rings. The van der Waals surface area contributed by atoms with Crippen LogP contribution in [-0.4, -0.2) is 31.6 Å². The van der Waals surface area contributed by atoms with Crippen LogP contribution in [0.5, 0.6) is 11.5 Å². The van der Waals surface area contributed by atoms with Crippen molar-refractivity contribution in [1.82, 2.24) is 4.90 Å². The van der Waals surface area contributed by atoms with Crippen LogP contribution in [-0.2, 0) is 6.42 Å². The van der Waals surface area contributed by atoms with Gasteiger partial charge in [-0.3, -0.25) is 4.79 Å². The van der Waals surface area contributed by atoms with Gasteiger partial charge < -0.3 is 19.7 Å². The van der Waals surface area contributed by atoms with Gasteiger partial charge in [0.2, 0.25) is 0 Å². The summed E-state index contributed by atoms with van der Waals surface area (Å²) < 4.78 is 11.1. The molecule has 1 N–H and O–H groups in total. The molecule has 1 aliphatic rings. The predicted octanol–water partition coefficient (Wildman–Crippen LogP) is 4.51. The molecule has 148 valence electrons. The van der Waals surface area contributed by atoms with Crippen molar-refractivity contribution < 1.29 is 14.3 Å². The minimum atomic E-state index is -0.355. The van der Waals surface area contributed by atoms with Crippen molar-refractivity contribution in [1.29, 1.82) is 0 Å². The number of carbonyl (C=O) groups is 1. The maximum Gasteiger partial charge on any atom is 0.257 e. The maximum atomic E-state index is 13.4. The molecule has 1 amide bonds. The van der Waals surface area contributed by atoms with Gasteiger partial charge in [-0.1, -0.05) is 54.6 Å². The second kappa shape index (κ2) is 8.27. The monoisotopic (exact) mass is 388 g/mol. The standard InChI is InChI=1S/C24H24N2O3/c1-28-21-14-8-12-19(22(21)29-2)23-25-20-13-7-6-11-18(20)24(27)26(23)16-15-17-9-4-3-5-10-17/h3-14,23,25H,15-16H2,1-2H3/t23-/m0/s1. The van der Waals surface area contributed by atoms with Crippen molar-refractivity contribution >= 4 is 11.6 Å². The van der Waals surface area contributed by atoms with Gasteiger partial charge in [-0.25, -0.2) is 0 Å². The molecular formula is C24H24N2O3. The molecule has 0 radical (unpaired) electrons. The third-order valence-electron chi connectivity index (χ3n) is 5.23. The summed E-state index contributed by atoms with van der Waals surface area (Å²) in [5.41, 5.74) is 3.56. The first-order chi connectivity index (χ1) is 14.2. The number of hydrogen-bond donors (Lipinski definition) is 1. The van der Waals surface area contributed by atoms with E-state index in [0.717, 1.165) is 17.7 Å². The van der Waals surface area contributed by atoms with Crippen molar-refractivity contribution in [3.8, 4) is 11.5 Å². The molecule has 0 fully saturated rings. The predicted molar refractivity (Wildman–Crippen MR) is 114 cm³/mol. The highest BCUT2D eigenvalue weighted by Gasteiger charge is 2.34. The Balaban J connectivity index is 1.74. The largest absolute Gasteiger partial charge is 0.493 e. The summed E-state index contributed by atoms with van der Waals surface area (Å²) >= 11 is 0. The Morgan fingerprint density at radius 3 is 2.41 bits per heavy atom. The van der Waals surface area contributed by atoms with E-state index in [-0.39, 0.29) is 12.1 Å². The Morgan fingerprint density at radius 2 is 1.66 bits per heavy atom. The van der Waals surface area contributed by atoms with E-state index < -0.39 is 0 Å². The van der Waals surface area contributed by atoms with E-state index in [1.807, 2.05) is 65.6 Å². The van der Waals surface area contributed by atoms with E-state index >= 15 is 0 Å². The Kier molecular flexibility index (Phi) is 5.38. The van der Waals surface area contributed by atoms with Crippen molar-refractivity contribution in [2.45, 2.75) is 12.6 Å². The molecule has 0 saturated carbocycles. The first-order valence-corrected chi connectivity index (χ1v) is 9.64.